The fourth-order valence-corrected chi connectivity index (χ4v) is 1.36. The summed E-state index contributed by atoms with van der Waals surface area (Å²) >= 11 is 0. The fraction of sp³-hybridized carbons (Fsp3) is 0.333. The molecule has 0 aliphatic carbocycles. The first-order valence-corrected chi connectivity index (χ1v) is 5.10. The Morgan fingerprint density at radius 2 is 2.25 bits per heavy atom. The van der Waals surface area contributed by atoms with Crippen molar-refractivity contribution in [2.75, 3.05) is 11.9 Å². The molecule has 1 aromatic rings. The molecule has 4 heteroatoms. The third kappa shape index (κ3) is 4.11. The SMILES string of the molecule is N#CCC(=O)Nc1cccc(CCC[O])c1. The normalized spacial score (nSPS) is 9.50. The standard InChI is InChI=1S/C12H13N2O2/c13-7-6-12(16)14-11-5-1-3-10(9-11)4-2-8-15/h1,3,5,9H,2,4,6,8H2,(H,14,16). The van der Waals surface area contributed by atoms with E-state index in [2.05, 4.69) is 5.32 Å². The van der Waals surface area contributed by atoms with Crippen LogP contribution in [0.3, 0.4) is 0 Å². The minimum atomic E-state index is -0.316. The Labute approximate surface area is 94.5 Å². The van der Waals surface area contributed by atoms with Gasteiger partial charge in [0.1, 0.15) is 6.42 Å². The van der Waals surface area contributed by atoms with E-state index in [4.69, 9.17) is 5.26 Å². The predicted octanol–water partition coefficient (Wildman–Crippen LogP) is 1.90. The summed E-state index contributed by atoms with van der Waals surface area (Å²) in [6, 6.07) is 9.10. The van der Waals surface area contributed by atoms with Gasteiger partial charge in [-0.3, -0.25) is 4.79 Å². The molecular formula is C12H13N2O2. The van der Waals surface area contributed by atoms with Crippen molar-refractivity contribution in [2.24, 2.45) is 0 Å². The highest BCUT2D eigenvalue weighted by Crippen LogP contribution is 2.12. The van der Waals surface area contributed by atoms with Crippen molar-refractivity contribution in [1.29, 1.82) is 5.26 Å². The van der Waals surface area contributed by atoms with Crippen molar-refractivity contribution in [3.05, 3.63) is 29.8 Å². The summed E-state index contributed by atoms with van der Waals surface area (Å²) in [4.78, 5) is 11.2. The van der Waals surface area contributed by atoms with E-state index in [1.165, 1.54) is 0 Å². The zero-order valence-electron chi connectivity index (χ0n) is 8.90. The average molecular weight is 217 g/mol. The maximum atomic E-state index is 11.2. The Morgan fingerprint density at radius 3 is 2.94 bits per heavy atom. The van der Waals surface area contributed by atoms with Crippen LogP contribution in [-0.4, -0.2) is 12.5 Å². The molecule has 16 heavy (non-hydrogen) atoms. The van der Waals surface area contributed by atoms with Crippen LogP contribution in [0.15, 0.2) is 24.3 Å². The van der Waals surface area contributed by atoms with Crippen molar-refractivity contribution in [1.82, 2.24) is 0 Å². The summed E-state index contributed by atoms with van der Waals surface area (Å²) in [5.74, 6) is -0.316. The molecule has 1 radical (unpaired) electrons. The molecule has 4 nitrogen and oxygen atoms in total. The van der Waals surface area contributed by atoms with Crippen LogP contribution in [0.5, 0.6) is 0 Å². The lowest BCUT2D eigenvalue weighted by molar-refractivity contribution is -0.115. The van der Waals surface area contributed by atoms with E-state index < -0.39 is 0 Å². The van der Waals surface area contributed by atoms with Gasteiger partial charge in [0.15, 0.2) is 0 Å². The maximum absolute atomic E-state index is 11.2. The lowest BCUT2D eigenvalue weighted by Crippen LogP contribution is -2.10. The number of aryl methyl sites for hydroxylation is 1. The van der Waals surface area contributed by atoms with E-state index in [1.54, 1.807) is 12.1 Å². The number of hydrogen-bond donors (Lipinski definition) is 1. The molecule has 1 N–H and O–H groups in total. The summed E-state index contributed by atoms with van der Waals surface area (Å²) in [7, 11) is 0. The largest absolute Gasteiger partial charge is 0.325 e. The van der Waals surface area contributed by atoms with Crippen molar-refractivity contribution < 1.29 is 9.90 Å². The summed E-state index contributed by atoms with van der Waals surface area (Å²) in [5.41, 5.74) is 1.69. The molecule has 0 saturated carbocycles. The van der Waals surface area contributed by atoms with Gasteiger partial charge in [0.2, 0.25) is 5.91 Å². The van der Waals surface area contributed by atoms with Gasteiger partial charge in [0.25, 0.3) is 0 Å². The van der Waals surface area contributed by atoms with Gasteiger partial charge in [0, 0.05) is 5.69 Å². The van der Waals surface area contributed by atoms with E-state index in [-0.39, 0.29) is 18.9 Å². The zero-order chi connectivity index (χ0) is 11.8. The Kier molecular flexibility index (Phi) is 5.03. The minimum Gasteiger partial charge on any atom is -0.325 e. The Morgan fingerprint density at radius 1 is 1.44 bits per heavy atom. The quantitative estimate of drug-likeness (QED) is 0.818. The first-order chi connectivity index (χ1) is 7.76. The third-order valence-electron chi connectivity index (χ3n) is 2.06. The van der Waals surface area contributed by atoms with E-state index in [0.717, 1.165) is 5.56 Å². The highest BCUT2D eigenvalue weighted by molar-refractivity contribution is 5.92. The number of nitrogens with one attached hydrogen (secondary N) is 1. The lowest BCUT2D eigenvalue weighted by Gasteiger charge is -2.05. The summed E-state index contributed by atoms with van der Waals surface area (Å²) < 4.78 is 0. The molecule has 0 saturated heterocycles. The molecule has 1 amide bonds. The number of hydrogen-bond acceptors (Lipinski definition) is 2. The summed E-state index contributed by atoms with van der Waals surface area (Å²) in [6.45, 7) is -0.0922. The third-order valence-corrected chi connectivity index (χ3v) is 2.06. The molecule has 83 valence electrons. The van der Waals surface area contributed by atoms with Gasteiger partial charge in [-0.25, -0.2) is 5.11 Å². The number of rotatable bonds is 5. The molecule has 0 atom stereocenters. The van der Waals surface area contributed by atoms with E-state index in [1.807, 2.05) is 18.2 Å². The van der Waals surface area contributed by atoms with Gasteiger partial charge < -0.3 is 5.32 Å². The number of anilines is 1. The second-order valence-electron chi connectivity index (χ2n) is 3.39. The van der Waals surface area contributed by atoms with E-state index in [0.29, 0.717) is 18.5 Å². The van der Waals surface area contributed by atoms with Gasteiger partial charge >= 0.3 is 0 Å². The molecule has 0 aliphatic heterocycles. The van der Waals surface area contributed by atoms with Gasteiger partial charge in [0.05, 0.1) is 12.7 Å². The number of carbonyl (C=O) groups excluding carboxylic acids is 1. The number of nitriles is 1. The van der Waals surface area contributed by atoms with Crippen LogP contribution in [-0.2, 0) is 16.3 Å². The second-order valence-corrected chi connectivity index (χ2v) is 3.39. The fourth-order valence-electron chi connectivity index (χ4n) is 1.36. The number of amides is 1. The summed E-state index contributed by atoms with van der Waals surface area (Å²) in [6.07, 6.45) is 1.16. The van der Waals surface area contributed by atoms with Crippen molar-refractivity contribution in [3.8, 4) is 6.07 Å². The van der Waals surface area contributed by atoms with Crippen LogP contribution in [0.25, 0.3) is 0 Å². The Hall–Kier alpha value is -1.86. The number of carbonyl (C=O) groups is 1. The zero-order valence-corrected chi connectivity index (χ0v) is 8.90. The molecule has 0 unspecified atom stereocenters. The molecule has 0 spiro atoms. The summed E-state index contributed by atoms with van der Waals surface area (Å²) in [5, 5.41) is 21.3. The monoisotopic (exact) mass is 217 g/mol. The van der Waals surface area contributed by atoms with Crippen LogP contribution in [0.1, 0.15) is 18.4 Å². The molecule has 0 bridgehead atoms. The molecule has 0 aromatic heterocycles. The van der Waals surface area contributed by atoms with Crippen molar-refractivity contribution >= 4 is 11.6 Å². The number of benzene rings is 1. The van der Waals surface area contributed by atoms with Crippen LogP contribution >= 0.6 is 0 Å². The van der Waals surface area contributed by atoms with Gasteiger partial charge in [-0.1, -0.05) is 12.1 Å². The molecule has 1 aromatic carbocycles. The van der Waals surface area contributed by atoms with Crippen LogP contribution < -0.4 is 5.32 Å². The Balaban J connectivity index is 2.60. The van der Waals surface area contributed by atoms with Crippen LogP contribution in [0.4, 0.5) is 5.69 Å². The Bertz CT molecular complexity index is 396. The van der Waals surface area contributed by atoms with Crippen molar-refractivity contribution in [2.45, 2.75) is 19.3 Å². The van der Waals surface area contributed by atoms with Crippen LogP contribution in [0.2, 0.25) is 0 Å². The van der Waals surface area contributed by atoms with Gasteiger partial charge in [-0.05, 0) is 30.5 Å². The molecule has 0 fully saturated rings. The van der Waals surface area contributed by atoms with Crippen LogP contribution in [0, 0.1) is 11.3 Å². The molecule has 1 rings (SSSR count). The predicted molar refractivity (Wildman–Crippen MR) is 59.2 cm³/mol. The second kappa shape index (κ2) is 6.59. The highest BCUT2D eigenvalue weighted by atomic mass is 16.2. The first-order valence-electron chi connectivity index (χ1n) is 5.10. The van der Waals surface area contributed by atoms with Gasteiger partial charge in [-0.15, -0.1) is 0 Å². The maximum Gasteiger partial charge on any atom is 0.238 e. The van der Waals surface area contributed by atoms with Crippen molar-refractivity contribution in [3.63, 3.8) is 0 Å². The molecule has 0 aliphatic rings. The first kappa shape index (κ1) is 12.2. The van der Waals surface area contributed by atoms with Gasteiger partial charge in [-0.2, -0.15) is 5.26 Å². The smallest absolute Gasteiger partial charge is 0.238 e. The molecule has 0 heterocycles. The molecular weight excluding hydrogens is 204 g/mol. The lowest BCUT2D eigenvalue weighted by atomic mass is 10.1. The highest BCUT2D eigenvalue weighted by Gasteiger charge is 2.01. The average Bonchev–Trinajstić information content (AvgIpc) is 2.27. The number of nitrogens with zero attached hydrogens (tertiary/aromatic N) is 1. The minimum absolute atomic E-state index is 0.0922. The van der Waals surface area contributed by atoms with E-state index >= 15 is 0 Å². The van der Waals surface area contributed by atoms with E-state index in [9.17, 15) is 9.90 Å². The topological polar surface area (TPSA) is 72.8 Å².